The molecule has 0 bridgehead atoms. The average molecular weight is 375 g/mol. The molecule has 3 nitrogen and oxygen atoms in total. The van der Waals surface area contributed by atoms with Gasteiger partial charge in [-0.25, -0.2) is 0 Å². The summed E-state index contributed by atoms with van der Waals surface area (Å²) in [5, 5.41) is 0.121. The zero-order valence-corrected chi connectivity index (χ0v) is 13.0. The van der Waals surface area contributed by atoms with Gasteiger partial charge in [-0.05, 0) is 52.8 Å². The predicted octanol–water partition coefficient (Wildman–Crippen LogP) is 2.92. The highest BCUT2D eigenvalue weighted by atomic mass is 127. The van der Waals surface area contributed by atoms with Crippen LogP contribution in [-0.4, -0.2) is 23.3 Å². The fourth-order valence-corrected chi connectivity index (χ4v) is 3.05. The third-order valence-corrected chi connectivity index (χ3v) is 4.63. The number of carbonyl (C=O) groups excluding carboxylic acids is 2. The van der Waals surface area contributed by atoms with Crippen LogP contribution in [0.5, 0.6) is 0 Å². The van der Waals surface area contributed by atoms with Crippen molar-refractivity contribution >= 4 is 51.1 Å². The molecule has 1 heterocycles. The molecule has 96 valence electrons. The van der Waals surface area contributed by atoms with Gasteiger partial charge >= 0.3 is 0 Å². The highest BCUT2D eigenvalue weighted by Crippen LogP contribution is 2.27. The molecular weight excluding hydrogens is 361 g/mol. The highest BCUT2D eigenvalue weighted by molar-refractivity contribution is 14.1. The van der Waals surface area contributed by atoms with Gasteiger partial charge in [0.15, 0.2) is 5.12 Å². The minimum Gasteiger partial charge on any atom is -0.312 e. The second-order valence-electron chi connectivity index (χ2n) is 4.35. The molecule has 0 radical (unpaired) electrons. The van der Waals surface area contributed by atoms with Crippen LogP contribution in [-0.2, 0) is 9.59 Å². The van der Waals surface area contributed by atoms with E-state index in [0.717, 1.165) is 21.6 Å². The first-order valence-corrected chi connectivity index (χ1v) is 7.82. The molecular formula is C13H14INO2S. The SMILES string of the molecule is CC(=O)SCC1CC(=O)N(c2ccc(I)cc2)C1. The summed E-state index contributed by atoms with van der Waals surface area (Å²) in [5.74, 6) is 1.18. The molecule has 1 saturated heterocycles. The molecule has 1 aliphatic heterocycles. The molecule has 0 aliphatic carbocycles. The molecule has 1 aromatic carbocycles. The van der Waals surface area contributed by atoms with Gasteiger partial charge in [0.2, 0.25) is 5.91 Å². The number of nitrogens with zero attached hydrogens (tertiary/aromatic N) is 1. The van der Waals surface area contributed by atoms with E-state index in [1.807, 2.05) is 29.2 Å². The molecule has 1 atom stereocenters. The van der Waals surface area contributed by atoms with Crippen LogP contribution in [0.15, 0.2) is 24.3 Å². The topological polar surface area (TPSA) is 37.4 Å². The number of anilines is 1. The Bertz CT molecular complexity index is 461. The quantitative estimate of drug-likeness (QED) is 0.763. The third-order valence-electron chi connectivity index (χ3n) is 2.87. The molecule has 1 amide bonds. The largest absolute Gasteiger partial charge is 0.312 e. The Hall–Kier alpha value is -0.560. The normalized spacial score (nSPS) is 19.3. The monoisotopic (exact) mass is 375 g/mol. The highest BCUT2D eigenvalue weighted by Gasteiger charge is 2.30. The molecule has 1 unspecified atom stereocenters. The lowest BCUT2D eigenvalue weighted by Crippen LogP contribution is -2.24. The van der Waals surface area contributed by atoms with Gasteiger partial charge in [0.25, 0.3) is 0 Å². The average Bonchev–Trinajstić information content (AvgIpc) is 2.69. The first-order valence-electron chi connectivity index (χ1n) is 5.75. The second kappa shape index (κ2) is 6.06. The van der Waals surface area contributed by atoms with Gasteiger partial charge in [-0.1, -0.05) is 11.8 Å². The summed E-state index contributed by atoms with van der Waals surface area (Å²) >= 11 is 3.56. The van der Waals surface area contributed by atoms with E-state index in [4.69, 9.17) is 0 Å². The summed E-state index contributed by atoms with van der Waals surface area (Å²) in [5.41, 5.74) is 0.954. The minimum atomic E-state index is 0.121. The number of benzene rings is 1. The van der Waals surface area contributed by atoms with E-state index in [1.165, 1.54) is 11.8 Å². The molecule has 1 aliphatic rings. The summed E-state index contributed by atoms with van der Waals surface area (Å²) in [7, 11) is 0. The summed E-state index contributed by atoms with van der Waals surface area (Å²) in [6, 6.07) is 7.95. The Balaban J connectivity index is 2.00. The fraction of sp³-hybridized carbons (Fsp3) is 0.385. The number of hydrogen-bond donors (Lipinski definition) is 0. The van der Waals surface area contributed by atoms with Gasteiger partial charge in [0.05, 0.1) is 0 Å². The predicted molar refractivity (Wildman–Crippen MR) is 82.8 cm³/mol. The van der Waals surface area contributed by atoms with Crippen molar-refractivity contribution in [2.75, 3.05) is 17.2 Å². The van der Waals surface area contributed by atoms with Crippen LogP contribution in [0.2, 0.25) is 0 Å². The zero-order valence-electron chi connectivity index (χ0n) is 10.1. The van der Waals surface area contributed by atoms with E-state index in [1.54, 1.807) is 6.92 Å². The minimum absolute atomic E-state index is 0.121. The van der Waals surface area contributed by atoms with E-state index in [2.05, 4.69) is 22.6 Å². The van der Waals surface area contributed by atoms with Crippen molar-refractivity contribution < 1.29 is 9.59 Å². The lowest BCUT2D eigenvalue weighted by molar-refractivity contribution is -0.117. The van der Waals surface area contributed by atoms with Crippen molar-refractivity contribution in [3.05, 3.63) is 27.8 Å². The van der Waals surface area contributed by atoms with E-state index in [-0.39, 0.29) is 16.9 Å². The Morgan fingerprint density at radius 1 is 1.44 bits per heavy atom. The summed E-state index contributed by atoms with van der Waals surface area (Å²) in [4.78, 5) is 24.7. The molecule has 18 heavy (non-hydrogen) atoms. The van der Waals surface area contributed by atoms with Gasteiger partial charge in [0, 0.05) is 34.9 Å². The Kier molecular flexibility index (Phi) is 4.66. The van der Waals surface area contributed by atoms with Crippen molar-refractivity contribution in [2.24, 2.45) is 5.92 Å². The van der Waals surface area contributed by atoms with E-state index in [0.29, 0.717) is 6.42 Å². The number of halogens is 1. The van der Waals surface area contributed by atoms with Crippen molar-refractivity contribution in [1.82, 2.24) is 0 Å². The molecule has 0 aromatic heterocycles. The van der Waals surface area contributed by atoms with Crippen molar-refractivity contribution in [2.45, 2.75) is 13.3 Å². The van der Waals surface area contributed by atoms with Crippen molar-refractivity contribution in [3.8, 4) is 0 Å². The fourth-order valence-electron chi connectivity index (χ4n) is 2.00. The summed E-state index contributed by atoms with van der Waals surface area (Å²) in [6.45, 7) is 2.29. The first-order chi connectivity index (χ1) is 8.56. The number of amides is 1. The molecule has 0 saturated carbocycles. The lowest BCUT2D eigenvalue weighted by Gasteiger charge is -2.16. The van der Waals surface area contributed by atoms with Crippen LogP contribution >= 0.6 is 34.4 Å². The summed E-state index contributed by atoms with van der Waals surface area (Å²) in [6.07, 6.45) is 0.548. The maximum atomic E-state index is 11.9. The van der Waals surface area contributed by atoms with Crippen molar-refractivity contribution in [1.29, 1.82) is 0 Å². The van der Waals surface area contributed by atoms with Crippen LogP contribution in [0.25, 0.3) is 0 Å². The molecule has 1 aromatic rings. The van der Waals surface area contributed by atoms with Gasteiger partial charge in [-0.3, -0.25) is 9.59 Å². The first kappa shape index (κ1) is 13.9. The Labute approximate surface area is 124 Å². The molecule has 2 rings (SSSR count). The molecule has 5 heteroatoms. The van der Waals surface area contributed by atoms with Crippen LogP contribution in [0, 0.1) is 9.49 Å². The number of rotatable bonds is 3. The van der Waals surface area contributed by atoms with Crippen LogP contribution < -0.4 is 4.90 Å². The molecule has 0 N–H and O–H groups in total. The van der Waals surface area contributed by atoms with Crippen LogP contribution in [0.3, 0.4) is 0 Å². The molecule has 0 spiro atoms. The number of thioether (sulfide) groups is 1. The van der Waals surface area contributed by atoms with Crippen molar-refractivity contribution in [3.63, 3.8) is 0 Å². The number of carbonyl (C=O) groups is 2. The zero-order chi connectivity index (χ0) is 13.1. The lowest BCUT2D eigenvalue weighted by atomic mass is 10.1. The van der Waals surface area contributed by atoms with Gasteiger partial charge in [0.1, 0.15) is 0 Å². The second-order valence-corrected chi connectivity index (χ2v) is 6.80. The van der Waals surface area contributed by atoms with Crippen LogP contribution in [0.4, 0.5) is 5.69 Å². The summed E-state index contributed by atoms with van der Waals surface area (Å²) < 4.78 is 1.16. The van der Waals surface area contributed by atoms with Gasteiger partial charge < -0.3 is 4.90 Å². The molecule has 1 fully saturated rings. The third kappa shape index (κ3) is 3.47. The van der Waals surface area contributed by atoms with Crippen LogP contribution in [0.1, 0.15) is 13.3 Å². The number of hydrogen-bond acceptors (Lipinski definition) is 3. The van der Waals surface area contributed by atoms with E-state index >= 15 is 0 Å². The standard InChI is InChI=1S/C13H14INO2S/c1-9(16)18-8-10-6-13(17)15(7-10)12-4-2-11(14)3-5-12/h2-5,10H,6-8H2,1H3. The Morgan fingerprint density at radius 3 is 2.72 bits per heavy atom. The maximum absolute atomic E-state index is 11.9. The van der Waals surface area contributed by atoms with E-state index < -0.39 is 0 Å². The Morgan fingerprint density at radius 2 is 2.11 bits per heavy atom. The van der Waals surface area contributed by atoms with Gasteiger partial charge in [-0.15, -0.1) is 0 Å². The van der Waals surface area contributed by atoms with E-state index in [9.17, 15) is 9.59 Å². The maximum Gasteiger partial charge on any atom is 0.227 e. The van der Waals surface area contributed by atoms with Gasteiger partial charge in [-0.2, -0.15) is 0 Å². The smallest absolute Gasteiger partial charge is 0.227 e.